The number of rotatable bonds is 2. The third-order valence-corrected chi connectivity index (χ3v) is 2.05. The number of ether oxygens (including phenoxy) is 1. The van der Waals surface area contributed by atoms with Crippen LogP contribution < -0.4 is 10.2 Å². The molecule has 0 radical (unpaired) electrons. The van der Waals surface area contributed by atoms with E-state index in [1.54, 1.807) is 4.90 Å². The van der Waals surface area contributed by atoms with Crippen LogP contribution in [0.5, 0.6) is 0 Å². The molecular formula is C9H10N4O3. The minimum Gasteiger partial charge on any atom is -0.340 e. The Hall–Kier alpha value is -2.15. The highest BCUT2D eigenvalue weighted by Crippen LogP contribution is 2.14. The van der Waals surface area contributed by atoms with Crippen molar-refractivity contribution in [1.29, 1.82) is 0 Å². The van der Waals surface area contributed by atoms with Crippen molar-refractivity contribution < 1.29 is 9.77 Å². The molecule has 0 bridgehead atoms. The summed E-state index contributed by atoms with van der Waals surface area (Å²) in [6.45, 7) is 0.458. The molecule has 2 rings (SSSR count). The molecule has 0 aromatic heterocycles. The lowest BCUT2D eigenvalue weighted by atomic mass is 10.3. The molecule has 1 aromatic carbocycles. The third-order valence-electron chi connectivity index (χ3n) is 2.05. The lowest BCUT2D eigenvalue weighted by Gasteiger charge is -2.28. The molecule has 0 amide bonds. The predicted octanol–water partition coefficient (Wildman–Crippen LogP) is 0.575. The van der Waals surface area contributed by atoms with Gasteiger partial charge in [0.05, 0.1) is 0 Å². The molecule has 0 atom stereocenters. The summed E-state index contributed by atoms with van der Waals surface area (Å²) in [4.78, 5) is 11.9. The van der Waals surface area contributed by atoms with Crippen molar-refractivity contribution in [2.45, 2.75) is 0 Å². The lowest BCUT2D eigenvalue weighted by Crippen LogP contribution is -2.49. The Kier molecular flexibility index (Phi) is 2.97. The second-order valence-electron chi connectivity index (χ2n) is 3.08. The first-order valence-corrected chi connectivity index (χ1v) is 4.64. The molecule has 1 saturated heterocycles. The maximum atomic E-state index is 10.4. The summed E-state index contributed by atoms with van der Waals surface area (Å²) in [7, 11) is 0. The van der Waals surface area contributed by atoms with E-state index < -0.39 is 5.03 Å². The van der Waals surface area contributed by atoms with Crippen molar-refractivity contribution in [3.05, 3.63) is 40.4 Å². The Morgan fingerprint density at radius 3 is 2.88 bits per heavy atom. The number of hydrazone groups is 1. The van der Waals surface area contributed by atoms with Crippen LogP contribution in [0.2, 0.25) is 0 Å². The molecule has 1 aromatic rings. The van der Waals surface area contributed by atoms with Gasteiger partial charge in [-0.1, -0.05) is 18.2 Å². The Balaban J connectivity index is 2.27. The minimum atomic E-state index is -0.733. The SMILES string of the molecule is O=[N+]([O-])/N=C1\NCOCN1c1ccccc1. The first-order chi connectivity index (χ1) is 7.77. The maximum Gasteiger partial charge on any atom is 0.279 e. The molecule has 16 heavy (non-hydrogen) atoms. The van der Waals surface area contributed by atoms with Crippen LogP contribution in [0.3, 0.4) is 0 Å². The second-order valence-corrected chi connectivity index (χ2v) is 3.08. The summed E-state index contributed by atoms with van der Waals surface area (Å²) < 4.78 is 5.16. The van der Waals surface area contributed by atoms with Gasteiger partial charge in [0, 0.05) is 5.69 Å². The van der Waals surface area contributed by atoms with E-state index in [1.807, 2.05) is 30.3 Å². The van der Waals surface area contributed by atoms with E-state index >= 15 is 0 Å². The predicted molar refractivity (Wildman–Crippen MR) is 57.3 cm³/mol. The number of benzene rings is 1. The highest BCUT2D eigenvalue weighted by molar-refractivity contribution is 5.95. The van der Waals surface area contributed by atoms with Crippen molar-refractivity contribution in [2.75, 3.05) is 18.4 Å². The summed E-state index contributed by atoms with van der Waals surface area (Å²) in [5.74, 6) is 0.183. The fourth-order valence-corrected chi connectivity index (χ4v) is 1.38. The largest absolute Gasteiger partial charge is 0.340 e. The van der Waals surface area contributed by atoms with Gasteiger partial charge in [-0.15, -0.1) is 0 Å². The second kappa shape index (κ2) is 4.58. The summed E-state index contributed by atoms with van der Waals surface area (Å²) >= 11 is 0. The fraction of sp³-hybridized carbons (Fsp3) is 0.222. The average Bonchev–Trinajstić information content (AvgIpc) is 2.30. The van der Waals surface area contributed by atoms with E-state index in [1.165, 1.54) is 0 Å². The molecule has 1 N–H and O–H groups in total. The molecule has 1 fully saturated rings. The lowest BCUT2D eigenvalue weighted by molar-refractivity contribution is -0.485. The number of nitrogens with one attached hydrogen (secondary N) is 1. The molecule has 84 valence electrons. The van der Waals surface area contributed by atoms with Crippen LogP contribution in [-0.2, 0) is 4.74 Å². The summed E-state index contributed by atoms with van der Waals surface area (Å²) in [5, 5.41) is 15.6. The molecule has 1 heterocycles. The van der Waals surface area contributed by atoms with Gasteiger partial charge in [-0.2, -0.15) is 0 Å². The zero-order valence-electron chi connectivity index (χ0n) is 8.37. The topological polar surface area (TPSA) is 80.0 Å². The van der Waals surface area contributed by atoms with Crippen LogP contribution in [0.15, 0.2) is 35.4 Å². The molecule has 0 aliphatic carbocycles. The smallest absolute Gasteiger partial charge is 0.279 e. The van der Waals surface area contributed by atoms with Gasteiger partial charge >= 0.3 is 0 Å². The molecule has 0 spiro atoms. The Morgan fingerprint density at radius 1 is 1.44 bits per heavy atom. The van der Waals surface area contributed by atoms with Crippen molar-refractivity contribution in [3.63, 3.8) is 0 Å². The zero-order valence-corrected chi connectivity index (χ0v) is 8.37. The first-order valence-electron chi connectivity index (χ1n) is 4.64. The van der Waals surface area contributed by atoms with Crippen molar-refractivity contribution in [3.8, 4) is 0 Å². The van der Waals surface area contributed by atoms with Crippen LogP contribution in [0.4, 0.5) is 5.69 Å². The summed E-state index contributed by atoms with van der Waals surface area (Å²) in [6, 6.07) is 9.20. The fourth-order valence-electron chi connectivity index (χ4n) is 1.38. The Bertz CT molecular complexity index is 406. The van der Waals surface area contributed by atoms with Crippen LogP contribution >= 0.6 is 0 Å². The van der Waals surface area contributed by atoms with E-state index in [0.29, 0.717) is 0 Å². The number of hydrogen-bond acceptors (Lipinski definition) is 3. The molecule has 0 unspecified atom stereocenters. The number of guanidine groups is 1. The first kappa shape index (κ1) is 10.4. The van der Waals surface area contributed by atoms with Crippen LogP contribution in [0.1, 0.15) is 0 Å². The standard InChI is InChI=1S/C9H10N4O3/c14-13(15)11-9-10-6-16-7-12(9)8-4-2-1-3-5-8/h1-5H,6-7H2,(H,10,11). The monoisotopic (exact) mass is 222 g/mol. The number of nitrogens with zero attached hydrogens (tertiary/aromatic N) is 3. The van der Waals surface area contributed by atoms with E-state index in [4.69, 9.17) is 4.74 Å². The summed E-state index contributed by atoms with van der Waals surface area (Å²) in [5.41, 5.74) is 0.787. The van der Waals surface area contributed by atoms with Gasteiger partial charge in [0.25, 0.3) is 5.96 Å². The molecular weight excluding hydrogens is 212 g/mol. The van der Waals surface area contributed by atoms with Crippen molar-refractivity contribution in [2.24, 2.45) is 5.10 Å². The number of hydrogen-bond donors (Lipinski definition) is 1. The highest BCUT2D eigenvalue weighted by Gasteiger charge is 2.20. The average molecular weight is 222 g/mol. The molecule has 1 aliphatic heterocycles. The molecule has 7 nitrogen and oxygen atoms in total. The van der Waals surface area contributed by atoms with Gasteiger partial charge in [-0.25, -0.2) is 10.1 Å². The van der Waals surface area contributed by atoms with E-state index in [9.17, 15) is 10.1 Å². The van der Waals surface area contributed by atoms with Crippen LogP contribution in [0.25, 0.3) is 0 Å². The van der Waals surface area contributed by atoms with Crippen LogP contribution in [-0.4, -0.2) is 24.5 Å². The quantitative estimate of drug-likeness (QED) is 0.584. The molecule has 1 aliphatic rings. The van der Waals surface area contributed by atoms with Crippen molar-refractivity contribution >= 4 is 11.6 Å². The van der Waals surface area contributed by atoms with Gasteiger partial charge < -0.3 is 10.1 Å². The van der Waals surface area contributed by atoms with Gasteiger partial charge in [-0.3, -0.25) is 4.90 Å². The van der Waals surface area contributed by atoms with E-state index in [2.05, 4.69) is 10.4 Å². The Labute approximate surface area is 91.5 Å². The van der Waals surface area contributed by atoms with Gasteiger partial charge in [0.2, 0.25) is 0 Å². The van der Waals surface area contributed by atoms with Gasteiger partial charge in [-0.05, 0) is 12.1 Å². The van der Waals surface area contributed by atoms with Crippen molar-refractivity contribution in [1.82, 2.24) is 5.32 Å². The zero-order chi connectivity index (χ0) is 11.4. The van der Waals surface area contributed by atoms with Gasteiger partial charge in [0.1, 0.15) is 18.6 Å². The normalized spacial score (nSPS) is 18.2. The van der Waals surface area contributed by atoms with Gasteiger partial charge in [0.15, 0.2) is 5.03 Å². The number of nitro groups is 1. The summed E-state index contributed by atoms with van der Waals surface area (Å²) in [6.07, 6.45) is 0. The number of para-hydroxylation sites is 1. The van der Waals surface area contributed by atoms with E-state index in [-0.39, 0.29) is 19.4 Å². The maximum absolute atomic E-state index is 10.4. The minimum absolute atomic E-state index is 0.183. The number of anilines is 1. The third kappa shape index (κ3) is 2.26. The highest BCUT2D eigenvalue weighted by atomic mass is 16.7. The Morgan fingerprint density at radius 2 is 2.19 bits per heavy atom. The molecule has 7 heteroatoms. The molecule has 0 saturated carbocycles. The van der Waals surface area contributed by atoms with E-state index in [0.717, 1.165) is 5.69 Å². The van der Waals surface area contributed by atoms with Crippen LogP contribution in [0, 0.1) is 10.1 Å².